The number of hydrogen-bond donors (Lipinski definition) is 1. The van der Waals surface area contributed by atoms with Crippen molar-refractivity contribution < 1.29 is 0 Å². The third-order valence-corrected chi connectivity index (χ3v) is 5.10. The van der Waals surface area contributed by atoms with Crippen LogP contribution < -0.4 is 5.32 Å². The fourth-order valence-corrected chi connectivity index (χ4v) is 3.90. The molecule has 0 radical (unpaired) electrons. The first-order valence-electron chi connectivity index (χ1n) is 6.27. The standard InChI is InChI=1S/C12H24N2S/c1-3-12(2)10-14(6-5-13-12)8-11-4-7-15-9-11/h11,13H,3-10H2,1-2H3. The largest absolute Gasteiger partial charge is 0.309 e. The maximum absolute atomic E-state index is 3.65. The molecule has 2 saturated heterocycles. The van der Waals surface area contributed by atoms with Gasteiger partial charge in [-0.1, -0.05) is 6.92 Å². The van der Waals surface area contributed by atoms with Crippen molar-refractivity contribution >= 4 is 11.8 Å². The second-order valence-electron chi connectivity index (χ2n) is 5.31. The molecule has 3 heteroatoms. The van der Waals surface area contributed by atoms with Crippen LogP contribution in [0.1, 0.15) is 26.7 Å². The number of piperazine rings is 1. The van der Waals surface area contributed by atoms with Gasteiger partial charge in [0.15, 0.2) is 0 Å². The molecular formula is C12H24N2S. The van der Waals surface area contributed by atoms with Crippen molar-refractivity contribution in [1.82, 2.24) is 10.2 Å². The molecule has 0 aromatic heterocycles. The molecule has 0 amide bonds. The molecule has 1 N–H and O–H groups in total. The Morgan fingerprint density at radius 3 is 3.07 bits per heavy atom. The highest BCUT2D eigenvalue weighted by Crippen LogP contribution is 2.25. The van der Waals surface area contributed by atoms with Crippen molar-refractivity contribution in [3.05, 3.63) is 0 Å². The smallest absolute Gasteiger partial charge is 0.0278 e. The molecule has 2 aliphatic rings. The van der Waals surface area contributed by atoms with Crippen molar-refractivity contribution in [2.75, 3.05) is 37.7 Å². The van der Waals surface area contributed by atoms with Gasteiger partial charge in [-0.25, -0.2) is 0 Å². The summed E-state index contributed by atoms with van der Waals surface area (Å²) in [5, 5.41) is 3.65. The minimum Gasteiger partial charge on any atom is -0.309 e. The van der Waals surface area contributed by atoms with Crippen LogP contribution >= 0.6 is 11.8 Å². The van der Waals surface area contributed by atoms with E-state index in [1.807, 2.05) is 0 Å². The molecule has 2 nitrogen and oxygen atoms in total. The van der Waals surface area contributed by atoms with Crippen LogP contribution in [-0.2, 0) is 0 Å². The van der Waals surface area contributed by atoms with Crippen LogP contribution in [0.5, 0.6) is 0 Å². The van der Waals surface area contributed by atoms with E-state index in [1.54, 1.807) is 0 Å². The van der Waals surface area contributed by atoms with Gasteiger partial charge in [0.05, 0.1) is 0 Å². The Morgan fingerprint density at radius 2 is 2.40 bits per heavy atom. The lowest BCUT2D eigenvalue weighted by Gasteiger charge is -2.42. The zero-order valence-corrected chi connectivity index (χ0v) is 10.9. The molecule has 2 aliphatic heterocycles. The second kappa shape index (κ2) is 5.07. The summed E-state index contributed by atoms with van der Waals surface area (Å²) in [5.41, 5.74) is 0.365. The van der Waals surface area contributed by atoms with E-state index in [2.05, 4.69) is 35.8 Å². The molecule has 2 fully saturated rings. The average Bonchev–Trinajstić information content (AvgIpc) is 2.71. The first kappa shape index (κ1) is 11.7. The number of nitrogens with one attached hydrogen (secondary N) is 1. The third kappa shape index (κ3) is 3.11. The van der Waals surface area contributed by atoms with Gasteiger partial charge in [0.25, 0.3) is 0 Å². The minimum absolute atomic E-state index is 0.365. The van der Waals surface area contributed by atoms with Gasteiger partial charge in [-0.05, 0) is 37.2 Å². The summed E-state index contributed by atoms with van der Waals surface area (Å²) >= 11 is 2.13. The molecule has 15 heavy (non-hydrogen) atoms. The van der Waals surface area contributed by atoms with Gasteiger partial charge in [-0.3, -0.25) is 4.90 Å². The molecule has 0 aromatic rings. The summed E-state index contributed by atoms with van der Waals surface area (Å²) in [6.45, 7) is 9.65. The van der Waals surface area contributed by atoms with E-state index in [9.17, 15) is 0 Å². The molecule has 2 heterocycles. The molecule has 0 spiro atoms. The predicted octanol–water partition coefficient (Wildman–Crippen LogP) is 1.81. The molecule has 2 unspecified atom stereocenters. The number of rotatable bonds is 3. The summed E-state index contributed by atoms with van der Waals surface area (Å²) in [5.74, 6) is 3.75. The molecule has 2 rings (SSSR count). The molecule has 0 aliphatic carbocycles. The first-order chi connectivity index (χ1) is 7.22. The Balaban J connectivity index is 1.81. The molecule has 2 atom stereocenters. The van der Waals surface area contributed by atoms with Gasteiger partial charge in [0.2, 0.25) is 0 Å². The zero-order chi connectivity index (χ0) is 10.7. The van der Waals surface area contributed by atoms with Crippen LogP contribution in [0, 0.1) is 5.92 Å². The minimum atomic E-state index is 0.365. The van der Waals surface area contributed by atoms with E-state index >= 15 is 0 Å². The highest BCUT2D eigenvalue weighted by molar-refractivity contribution is 7.99. The van der Waals surface area contributed by atoms with Crippen molar-refractivity contribution in [3.63, 3.8) is 0 Å². The monoisotopic (exact) mass is 228 g/mol. The van der Waals surface area contributed by atoms with Gasteiger partial charge in [0.1, 0.15) is 0 Å². The lowest BCUT2D eigenvalue weighted by atomic mass is 9.95. The lowest BCUT2D eigenvalue weighted by Crippen LogP contribution is -2.59. The summed E-state index contributed by atoms with van der Waals surface area (Å²) in [6.07, 6.45) is 2.68. The average molecular weight is 228 g/mol. The van der Waals surface area contributed by atoms with Gasteiger partial charge in [-0.2, -0.15) is 11.8 Å². The van der Waals surface area contributed by atoms with Crippen LogP contribution in [0.2, 0.25) is 0 Å². The first-order valence-corrected chi connectivity index (χ1v) is 7.42. The van der Waals surface area contributed by atoms with Crippen LogP contribution in [0.3, 0.4) is 0 Å². The zero-order valence-electron chi connectivity index (χ0n) is 10.1. The number of thioether (sulfide) groups is 1. The maximum Gasteiger partial charge on any atom is 0.0278 e. The maximum atomic E-state index is 3.65. The van der Waals surface area contributed by atoms with Crippen LogP contribution in [-0.4, -0.2) is 48.1 Å². The summed E-state index contributed by atoms with van der Waals surface area (Å²) in [7, 11) is 0. The Labute approximate surface area is 98.2 Å². The van der Waals surface area contributed by atoms with Crippen LogP contribution in [0.4, 0.5) is 0 Å². The predicted molar refractivity (Wildman–Crippen MR) is 68.6 cm³/mol. The van der Waals surface area contributed by atoms with Crippen molar-refractivity contribution in [1.29, 1.82) is 0 Å². The van der Waals surface area contributed by atoms with Crippen LogP contribution in [0.15, 0.2) is 0 Å². The van der Waals surface area contributed by atoms with E-state index < -0.39 is 0 Å². The molecule has 0 saturated carbocycles. The third-order valence-electron chi connectivity index (χ3n) is 3.87. The highest BCUT2D eigenvalue weighted by Gasteiger charge is 2.30. The summed E-state index contributed by atoms with van der Waals surface area (Å²) in [4.78, 5) is 2.68. The fraction of sp³-hybridized carbons (Fsp3) is 1.00. The summed E-state index contributed by atoms with van der Waals surface area (Å²) in [6, 6.07) is 0. The summed E-state index contributed by atoms with van der Waals surface area (Å²) < 4.78 is 0. The quantitative estimate of drug-likeness (QED) is 0.793. The normalized spacial score (nSPS) is 38.4. The Bertz CT molecular complexity index is 204. The lowest BCUT2D eigenvalue weighted by molar-refractivity contribution is 0.126. The molecule has 0 aromatic carbocycles. The van der Waals surface area contributed by atoms with Gasteiger partial charge in [-0.15, -0.1) is 0 Å². The molecular weight excluding hydrogens is 204 g/mol. The SMILES string of the molecule is CCC1(C)CN(CC2CCSC2)CCN1. The molecule has 88 valence electrons. The Hall–Kier alpha value is 0.270. The topological polar surface area (TPSA) is 15.3 Å². The van der Waals surface area contributed by atoms with Crippen molar-refractivity contribution in [2.24, 2.45) is 5.92 Å². The fourth-order valence-electron chi connectivity index (χ4n) is 2.63. The van der Waals surface area contributed by atoms with Crippen molar-refractivity contribution in [2.45, 2.75) is 32.2 Å². The van der Waals surface area contributed by atoms with Gasteiger partial charge >= 0.3 is 0 Å². The van der Waals surface area contributed by atoms with Crippen molar-refractivity contribution in [3.8, 4) is 0 Å². The van der Waals surface area contributed by atoms with E-state index in [0.29, 0.717) is 5.54 Å². The Morgan fingerprint density at radius 1 is 1.53 bits per heavy atom. The highest BCUT2D eigenvalue weighted by atomic mass is 32.2. The Kier molecular flexibility index (Phi) is 3.97. The number of nitrogens with zero attached hydrogens (tertiary/aromatic N) is 1. The van der Waals surface area contributed by atoms with Gasteiger partial charge < -0.3 is 5.32 Å². The molecule has 0 bridgehead atoms. The van der Waals surface area contributed by atoms with Crippen LogP contribution in [0.25, 0.3) is 0 Å². The number of hydrogen-bond acceptors (Lipinski definition) is 3. The second-order valence-corrected chi connectivity index (χ2v) is 6.46. The van der Waals surface area contributed by atoms with E-state index in [0.717, 1.165) is 5.92 Å². The van der Waals surface area contributed by atoms with E-state index in [1.165, 1.54) is 50.5 Å². The van der Waals surface area contributed by atoms with E-state index in [4.69, 9.17) is 0 Å². The van der Waals surface area contributed by atoms with Gasteiger partial charge in [0, 0.05) is 31.7 Å². The van der Waals surface area contributed by atoms with E-state index in [-0.39, 0.29) is 0 Å².